The summed E-state index contributed by atoms with van der Waals surface area (Å²) >= 11 is 0. The average Bonchev–Trinajstić information content (AvgIpc) is 2.74. The molecule has 0 aromatic heterocycles. The van der Waals surface area contributed by atoms with Crippen LogP contribution in [0, 0.1) is 5.82 Å². The van der Waals surface area contributed by atoms with E-state index in [1.807, 2.05) is 12.1 Å². The molecule has 3 atom stereocenters. The third-order valence-electron chi connectivity index (χ3n) is 4.85. The smallest absolute Gasteiger partial charge is 0.128 e. The fraction of sp³-hybridized carbons (Fsp3) is 0.667. The number of hydrogen-bond acceptors (Lipinski definition) is 2. The molecular weight excluding hydrogens is 263 g/mol. The van der Waals surface area contributed by atoms with E-state index in [-0.39, 0.29) is 17.9 Å². The van der Waals surface area contributed by atoms with Gasteiger partial charge < -0.3 is 5.73 Å². The van der Waals surface area contributed by atoms with Gasteiger partial charge in [-0.2, -0.15) is 0 Å². The summed E-state index contributed by atoms with van der Waals surface area (Å²) in [6.45, 7) is 5.36. The van der Waals surface area contributed by atoms with Gasteiger partial charge in [-0.3, -0.25) is 4.90 Å². The molecule has 3 heteroatoms. The highest BCUT2D eigenvalue weighted by atomic mass is 19.1. The predicted octanol–water partition coefficient (Wildman–Crippen LogP) is 4.26. The van der Waals surface area contributed by atoms with Crippen LogP contribution in [0.3, 0.4) is 0 Å². The number of nitrogens with zero attached hydrogens (tertiary/aromatic N) is 1. The van der Waals surface area contributed by atoms with E-state index < -0.39 is 0 Å². The number of benzene rings is 1. The first-order valence-corrected chi connectivity index (χ1v) is 8.44. The van der Waals surface area contributed by atoms with E-state index in [2.05, 4.69) is 18.7 Å². The molecule has 0 radical (unpaired) electrons. The van der Waals surface area contributed by atoms with Gasteiger partial charge in [-0.1, -0.05) is 44.9 Å². The highest BCUT2D eigenvalue weighted by Gasteiger charge is 2.32. The average molecular weight is 292 g/mol. The van der Waals surface area contributed by atoms with Gasteiger partial charge in [0, 0.05) is 17.6 Å². The Morgan fingerprint density at radius 2 is 2.00 bits per heavy atom. The number of rotatable bonds is 5. The largest absolute Gasteiger partial charge is 0.326 e. The van der Waals surface area contributed by atoms with Gasteiger partial charge in [0.05, 0.1) is 6.04 Å². The fourth-order valence-electron chi connectivity index (χ4n) is 3.60. The van der Waals surface area contributed by atoms with Crippen LogP contribution in [0.2, 0.25) is 0 Å². The Hall–Kier alpha value is -0.930. The third-order valence-corrected chi connectivity index (χ3v) is 4.85. The topological polar surface area (TPSA) is 29.3 Å². The maximum Gasteiger partial charge on any atom is 0.128 e. The first-order valence-electron chi connectivity index (χ1n) is 8.44. The predicted molar refractivity (Wildman–Crippen MR) is 86.7 cm³/mol. The molecular formula is C18H29FN2. The highest BCUT2D eigenvalue weighted by molar-refractivity contribution is 5.23. The fourth-order valence-corrected chi connectivity index (χ4v) is 3.60. The lowest BCUT2D eigenvalue weighted by molar-refractivity contribution is 0.109. The summed E-state index contributed by atoms with van der Waals surface area (Å²) in [6, 6.07) is 7.65. The van der Waals surface area contributed by atoms with Crippen molar-refractivity contribution >= 4 is 0 Å². The molecule has 1 aromatic rings. The SMILES string of the molecule is CCC(N)C(c1ccccc1F)N1CCCCCC1CC. The van der Waals surface area contributed by atoms with E-state index in [0.29, 0.717) is 6.04 Å². The quantitative estimate of drug-likeness (QED) is 0.878. The number of nitrogens with two attached hydrogens (primary N) is 1. The van der Waals surface area contributed by atoms with Crippen molar-refractivity contribution in [1.29, 1.82) is 0 Å². The molecule has 1 heterocycles. The minimum absolute atomic E-state index is 0.000694. The van der Waals surface area contributed by atoms with Crippen LogP contribution in [0.5, 0.6) is 0 Å². The van der Waals surface area contributed by atoms with Crippen LogP contribution in [0.25, 0.3) is 0 Å². The second-order valence-corrected chi connectivity index (χ2v) is 6.19. The Morgan fingerprint density at radius 1 is 1.24 bits per heavy atom. The minimum atomic E-state index is -0.120. The number of halogens is 1. The lowest BCUT2D eigenvalue weighted by atomic mass is 9.93. The van der Waals surface area contributed by atoms with Crippen LogP contribution in [-0.4, -0.2) is 23.5 Å². The van der Waals surface area contributed by atoms with Gasteiger partial charge in [0.1, 0.15) is 5.82 Å². The van der Waals surface area contributed by atoms with Gasteiger partial charge >= 0.3 is 0 Å². The van der Waals surface area contributed by atoms with Crippen molar-refractivity contribution in [2.45, 2.75) is 70.5 Å². The summed E-state index contributed by atoms with van der Waals surface area (Å²) in [5, 5.41) is 0. The molecule has 1 aliphatic heterocycles. The molecule has 1 saturated heterocycles. The van der Waals surface area contributed by atoms with Gasteiger partial charge in [-0.05, 0) is 38.3 Å². The van der Waals surface area contributed by atoms with E-state index in [4.69, 9.17) is 5.73 Å². The van der Waals surface area contributed by atoms with Crippen molar-refractivity contribution in [2.75, 3.05) is 6.54 Å². The summed E-state index contributed by atoms with van der Waals surface area (Å²) in [4.78, 5) is 2.49. The summed E-state index contributed by atoms with van der Waals surface area (Å²) in [6.07, 6.45) is 6.93. The maximum atomic E-state index is 14.3. The van der Waals surface area contributed by atoms with Crippen molar-refractivity contribution in [3.05, 3.63) is 35.6 Å². The molecule has 0 bridgehead atoms. The molecule has 2 nitrogen and oxygen atoms in total. The molecule has 0 spiro atoms. The number of likely N-dealkylation sites (tertiary alicyclic amines) is 1. The summed E-state index contributed by atoms with van der Waals surface area (Å²) in [7, 11) is 0. The molecule has 2 N–H and O–H groups in total. The Balaban J connectivity index is 2.36. The molecule has 0 amide bonds. The first kappa shape index (κ1) is 16.4. The standard InChI is InChI=1S/C18H29FN2/c1-3-14-10-6-5-9-13-21(14)18(17(20)4-2)15-11-7-8-12-16(15)19/h7-8,11-12,14,17-18H,3-6,9-10,13,20H2,1-2H3. The lowest BCUT2D eigenvalue weighted by Gasteiger charge is -2.40. The molecule has 1 aliphatic rings. The highest BCUT2D eigenvalue weighted by Crippen LogP contribution is 2.33. The van der Waals surface area contributed by atoms with Gasteiger partial charge in [-0.25, -0.2) is 4.39 Å². The Kier molecular flexibility index (Phi) is 6.19. The van der Waals surface area contributed by atoms with E-state index in [1.165, 1.54) is 25.7 Å². The maximum absolute atomic E-state index is 14.3. The monoisotopic (exact) mass is 292 g/mol. The van der Waals surface area contributed by atoms with Crippen LogP contribution in [-0.2, 0) is 0 Å². The van der Waals surface area contributed by atoms with Gasteiger partial charge in [0.15, 0.2) is 0 Å². The Labute approximate surface area is 128 Å². The van der Waals surface area contributed by atoms with E-state index in [0.717, 1.165) is 24.9 Å². The van der Waals surface area contributed by atoms with Crippen LogP contribution >= 0.6 is 0 Å². The first-order chi connectivity index (χ1) is 10.2. The summed E-state index contributed by atoms with van der Waals surface area (Å²) in [5.74, 6) is -0.120. The van der Waals surface area contributed by atoms with Crippen molar-refractivity contribution in [1.82, 2.24) is 4.90 Å². The zero-order valence-electron chi connectivity index (χ0n) is 13.4. The van der Waals surface area contributed by atoms with Crippen molar-refractivity contribution in [2.24, 2.45) is 5.73 Å². The summed E-state index contributed by atoms with van der Waals surface area (Å²) < 4.78 is 14.3. The van der Waals surface area contributed by atoms with E-state index >= 15 is 0 Å². The van der Waals surface area contributed by atoms with Crippen LogP contribution in [0.15, 0.2) is 24.3 Å². The molecule has 1 aromatic carbocycles. The number of hydrogen-bond donors (Lipinski definition) is 1. The van der Waals surface area contributed by atoms with Gasteiger partial charge in [0.25, 0.3) is 0 Å². The normalized spacial score (nSPS) is 23.5. The molecule has 1 fully saturated rings. The second-order valence-electron chi connectivity index (χ2n) is 6.19. The summed E-state index contributed by atoms with van der Waals surface area (Å²) in [5.41, 5.74) is 7.18. The third kappa shape index (κ3) is 3.83. The zero-order valence-corrected chi connectivity index (χ0v) is 13.4. The molecule has 118 valence electrons. The van der Waals surface area contributed by atoms with Gasteiger partial charge in [0.2, 0.25) is 0 Å². The van der Waals surface area contributed by atoms with Crippen LogP contribution in [0.4, 0.5) is 4.39 Å². The van der Waals surface area contributed by atoms with E-state index in [9.17, 15) is 4.39 Å². The zero-order chi connectivity index (χ0) is 15.2. The Bertz CT molecular complexity index is 435. The molecule has 21 heavy (non-hydrogen) atoms. The molecule has 0 aliphatic carbocycles. The molecule has 3 unspecified atom stereocenters. The second kappa shape index (κ2) is 7.90. The Morgan fingerprint density at radius 3 is 2.67 bits per heavy atom. The van der Waals surface area contributed by atoms with Crippen molar-refractivity contribution in [3.63, 3.8) is 0 Å². The molecule has 2 rings (SSSR count). The van der Waals surface area contributed by atoms with E-state index in [1.54, 1.807) is 12.1 Å². The van der Waals surface area contributed by atoms with Crippen LogP contribution < -0.4 is 5.73 Å². The molecule has 0 saturated carbocycles. The minimum Gasteiger partial charge on any atom is -0.326 e. The lowest BCUT2D eigenvalue weighted by Crippen LogP contribution is -2.46. The van der Waals surface area contributed by atoms with Gasteiger partial charge in [-0.15, -0.1) is 0 Å². The van der Waals surface area contributed by atoms with Crippen molar-refractivity contribution in [3.8, 4) is 0 Å². The van der Waals surface area contributed by atoms with Crippen molar-refractivity contribution < 1.29 is 4.39 Å². The van der Waals surface area contributed by atoms with Crippen LogP contribution in [0.1, 0.15) is 64.0 Å².